The lowest BCUT2D eigenvalue weighted by Gasteiger charge is -2.17. The Hall–Kier alpha value is -0.680. The molecule has 2 nitrogen and oxygen atoms in total. The van der Waals surface area contributed by atoms with Crippen molar-refractivity contribution in [1.29, 1.82) is 0 Å². The molecule has 0 heterocycles. The lowest BCUT2D eigenvalue weighted by molar-refractivity contribution is 0.597. The monoisotopic (exact) mass is 346 g/mol. The van der Waals surface area contributed by atoms with Crippen molar-refractivity contribution in [1.82, 2.24) is 0 Å². The zero-order chi connectivity index (χ0) is 14.4. The Morgan fingerprint density at radius 1 is 1.47 bits per heavy atom. The van der Waals surface area contributed by atoms with E-state index >= 15 is 0 Å². The average molecular weight is 347 g/mol. The van der Waals surface area contributed by atoms with E-state index in [4.69, 9.17) is 18.0 Å². The Balaban J connectivity index is 2.74. The van der Waals surface area contributed by atoms with Crippen LogP contribution in [0.1, 0.15) is 45.1 Å². The van der Waals surface area contributed by atoms with E-state index in [1.165, 1.54) is 12.8 Å². The fraction of sp³-hybridized carbons (Fsp3) is 0.500. The lowest BCUT2D eigenvalue weighted by Crippen LogP contribution is -2.17. The van der Waals surface area contributed by atoms with Gasteiger partial charge in [-0.15, -0.1) is 0 Å². The van der Waals surface area contributed by atoms with E-state index in [0.717, 1.165) is 12.8 Å². The summed E-state index contributed by atoms with van der Waals surface area (Å²) in [5.41, 5.74) is 6.54. The van der Waals surface area contributed by atoms with Gasteiger partial charge in [0.1, 0.15) is 4.99 Å². The molecule has 0 bridgehead atoms. The van der Waals surface area contributed by atoms with Gasteiger partial charge in [-0.25, -0.2) is 4.39 Å². The van der Waals surface area contributed by atoms with Crippen LogP contribution in [0.4, 0.5) is 10.1 Å². The van der Waals surface area contributed by atoms with E-state index < -0.39 is 0 Å². The number of nitrogens with one attached hydrogen (secondary N) is 1. The van der Waals surface area contributed by atoms with Crippen molar-refractivity contribution in [2.24, 2.45) is 5.73 Å². The molecule has 106 valence electrons. The Kier molecular flexibility index (Phi) is 6.72. The van der Waals surface area contributed by atoms with E-state index in [1.807, 2.05) is 0 Å². The summed E-state index contributed by atoms with van der Waals surface area (Å²) in [6, 6.07) is 3.66. The first kappa shape index (κ1) is 16.4. The third-order valence-electron chi connectivity index (χ3n) is 2.99. The van der Waals surface area contributed by atoms with Gasteiger partial charge in [0.2, 0.25) is 0 Å². The molecule has 1 rings (SSSR count). The molecule has 0 saturated carbocycles. The molecule has 1 atom stereocenters. The van der Waals surface area contributed by atoms with E-state index in [-0.39, 0.29) is 16.8 Å². The SMILES string of the molecule is CCCCCC(C)Nc1ccc(C(N)=S)c(Br)c1F. The van der Waals surface area contributed by atoms with Gasteiger partial charge in [0.25, 0.3) is 0 Å². The molecule has 0 saturated heterocycles. The van der Waals surface area contributed by atoms with Crippen LogP contribution in [0.15, 0.2) is 16.6 Å². The molecule has 0 fully saturated rings. The zero-order valence-electron chi connectivity index (χ0n) is 11.3. The van der Waals surface area contributed by atoms with Crippen LogP contribution in [-0.4, -0.2) is 11.0 Å². The molecule has 1 unspecified atom stereocenters. The number of rotatable bonds is 7. The number of unbranched alkanes of at least 4 members (excludes halogenated alkanes) is 2. The van der Waals surface area contributed by atoms with Crippen LogP contribution < -0.4 is 11.1 Å². The quantitative estimate of drug-likeness (QED) is 0.559. The fourth-order valence-corrected chi connectivity index (χ4v) is 2.75. The van der Waals surface area contributed by atoms with E-state index in [2.05, 4.69) is 35.1 Å². The molecule has 0 aromatic heterocycles. The summed E-state index contributed by atoms with van der Waals surface area (Å²) >= 11 is 8.07. The summed E-state index contributed by atoms with van der Waals surface area (Å²) in [4.78, 5) is 0.188. The van der Waals surface area contributed by atoms with Crippen LogP contribution in [0.5, 0.6) is 0 Å². The maximum absolute atomic E-state index is 14.1. The highest BCUT2D eigenvalue weighted by molar-refractivity contribution is 9.10. The minimum atomic E-state index is -0.340. The van der Waals surface area contributed by atoms with Gasteiger partial charge in [-0.05, 0) is 41.4 Å². The third-order valence-corrected chi connectivity index (χ3v) is 3.99. The largest absolute Gasteiger partial charge is 0.389 e. The highest BCUT2D eigenvalue weighted by Gasteiger charge is 2.14. The van der Waals surface area contributed by atoms with Crippen LogP contribution in [0.25, 0.3) is 0 Å². The molecular weight excluding hydrogens is 327 g/mol. The highest BCUT2D eigenvalue weighted by Crippen LogP contribution is 2.27. The average Bonchev–Trinajstić information content (AvgIpc) is 2.35. The minimum Gasteiger partial charge on any atom is -0.389 e. The molecule has 0 spiro atoms. The summed E-state index contributed by atoms with van der Waals surface area (Å²) < 4.78 is 14.5. The minimum absolute atomic E-state index is 0.188. The van der Waals surface area contributed by atoms with Crippen LogP contribution >= 0.6 is 28.1 Å². The predicted molar refractivity (Wildman–Crippen MR) is 87.2 cm³/mol. The van der Waals surface area contributed by atoms with Crippen LogP contribution in [-0.2, 0) is 0 Å². The Labute approximate surface area is 128 Å². The molecule has 0 aliphatic carbocycles. The number of nitrogens with two attached hydrogens (primary N) is 1. The Morgan fingerprint density at radius 2 is 2.16 bits per heavy atom. The van der Waals surface area contributed by atoms with Crippen molar-refractivity contribution in [3.63, 3.8) is 0 Å². The maximum atomic E-state index is 14.1. The van der Waals surface area contributed by atoms with Crippen molar-refractivity contribution in [2.75, 3.05) is 5.32 Å². The first-order chi connectivity index (χ1) is 8.97. The van der Waals surface area contributed by atoms with E-state index in [1.54, 1.807) is 12.1 Å². The molecule has 0 radical (unpaired) electrons. The van der Waals surface area contributed by atoms with Crippen molar-refractivity contribution < 1.29 is 4.39 Å². The summed E-state index contributed by atoms with van der Waals surface area (Å²) in [7, 11) is 0. The van der Waals surface area contributed by atoms with Crippen molar-refractivity contribution in [2.45, 2.75) is 45.6 Å². The molecule has 1 aromatic carbocycles. The fourth-order valence-electron chi connectivity index (χ4n) is 1.89. The zero-order valence-corrected chi connectivity index (χ0v) is 13.7. The molecule has 19 heavy (non-hydrogen) atoms. The van der Waals surface area contributed by atoms with Gasteiger partial charge < -0.3 is 11.1 Å². The van der Waals surface area contributed by atoms with E-state index in [9.17, 15) is 4.39 Å². The molecule has 5 heteroatoms. The number of hydrogen-bond donors (Lipinski definition) is 2. The van der Waals surface area contributed by atoms with Crippen molar-refractivity contribution >= 4 is 38.8 Å². The molecule has 0 aliphatic heterocycles. The normalized spacial score (nSPS) is 12.2. The van der Waals surface area contributed by atoms with Crippen molar-refractivity contribution in [3.8, 4) is 0 Å². The number of benzene rings is 1. The number of anilines is 1. The van der Waals surface area contributed by atoms with Crippen LogP contribution in [0, 0.1) is 5.82 Å². The number of hydrogen-bond acceptors (Lipinski definition) is 2. The molecule has 3 N–H and O–H groups in total. The maximum Gasteiger partial charge on any atom is 0.161 e. The molecule has 0 aliphatic rings. The Morgan fingerprint density at radius 3 is 2.74 bits per heavy atom. The van der Waals surface area contributed by atoms with Gasteiger partial charge in [-0.3, -0.25) is 0 Å². The van der Waals surface area contributed by atoms with Crippen molar-refractivity contribution in [3.05, 3.63) is 28.0 Å². The number of halogens is 2. The molecule has 1 aromatic rings. The van der Waals surface area contributed by atoms with Gasteiger partial charge in [0.15, 0.2) is 5.82 Å². The van der Waals surface area contributed by atoms with Gasteiger partial charge in [0.05, 0.1) is 10.2 Å². The summed E-state index contributed by atoms with van der Waals surface area (Å²) in [5.74, 6) is -0.340. The standard InChI is InChI=1S/C14H20BrFN2S/c1-3-4-5-6-9(2)18-11-8-7-10(14(17)19)12(15)13(11)16/h7-9,18H,3-6H2,1-2H3,(H2,17,19). The van der Waals surface area contributed by atoms with Crippen LogP contribution in [0.2, 0.25) is 0 Å². The van der Waals surface area contributed by atoms with Gasteiger partial charge in [-0.1, -0.05) is 38.4 Å². The summed E-state index contributed by atoms with van der Waals surface area (Å²) in [6.45, 7) is 4.23. The summed E-state index contributed by atoms with van der Waals surface area (Å²) in [5, 5.41) is 3.19. The number of thiocarbonyl (C=S) groups is 1. The Bertz CT molecular complexity index is 451. The highest BCUT2D eigenvalue weighted by atomic mass is 79.9. The van der Waals surface area contributed by atoms with E-state index in [0.29, 0.717) is 15.7 Å². The third kappa shape index (κ3) is 4.73. The second-order valence-electron chi connectivity index (χ2n) is 4.69. The van der Waals surface area contributed by atoms with Gasteiger partial charge in [0, 0.05) is 11.6 Å². The summed E-state index contributed by atoms with van der Waals surface area (Å²) in [6.07, 6.45) is 4.58. The van der Waals surface area contributed by atoms with Crippen LogP contribution in [0.3, 0.4) is 0 Å². The second-order valence-corrected chi connectivity index (χ2v) is 5.93. The molecule has 0 amide bonds. The molecular formula is C14H20BrFN2S. The smallest absolute Gasteiger partial charge is 0.161 e. The first-order valence-electron chi connectivity index (χ1n) is 6.51. The lowest BCUT2D eigenvalue weighted by atomic mass is 10.1. The predicted octanol–water partition coefficient (Wildman–Crippen LogP) is 4.60. The van der Waals surface area contributed by atoms with Gasteiger partial charge in [-0.2, -0.15) is 0 Å². The first-order valence-corrected chi connectivity index (χ1v) is 7.71. The topological polar surface area (TPSA) is 38.0 Å². The second kappa shape index (κ2) is 7.80. The van der Waals surface area contributed by atoms with Gasteiger partial charge >= 0.3 is 0 Å².